The zero-order valence-corrected chi connectivity index (χ0v) is 7.32. The molecule has 0 saturated carbocycles. The van der Waals surface area contributed by atoms with Gasteiger partial charge in [-0.1, -0.05) is 24.5 Å². The van der Waals surface area contributed by atoms with Gasteiger partial charge in [0.1, 0.15) is 7.85 Å². The van der Waals surface area contributed by atoms with Crippen molar-refractivity contribution < 1.29 is 0 Å². The van der Waals surface area contributed by atoms with E-state index < -0.39 is 0 Å². The monoisotopic (exact) mass is 160 g/mol. The highest BCUT2D eigenvalue weighted by Gasteiger charge is 1.97. The molecule has 2 heteroatoms. The topological polar surface area (TPSA) is 0 Å². The summed E-state index contributed by atoms with van der Waals surface area (Å²) in [5.74, 6) is 0. The maximum atomic E-state index is 2.21. The Morgan fingerprint density at radius 2 is 2.18 bits per heavy atom. The molecule has 0 amide bonds. The highest BCUT2D eigenvalue weighted by atomic mass is 32.1. The number of rotatable bonds is 1. The lowest BCUT2D eigenvalue weighted by Gasteiger charge is -1.96. The summed E-state index contributed by atoms with van der Waals surface area (Å²) in [7, 11) is 2.20. The second-order valence-corrected chi connectivity index (χ2v) is 3.53. The van der Waals surface area contributed by atoms with Crippen LogP contribution in [-0.2, 0) is 6.32 Å². The van der Waals surface area contributed by atoms with Gasteiger partial charge in [0.25, 0.3) is 0 Å². The SMILES string of the molecule is BCc1cccc2ccsc12. The molecule has 11 heavy (non-hydrogen) atoms. The molecule has 0 bridgehead atoms. The molecule has 0 saturated heterocycles. The van der Waals surface area contributed by atoms with Crippen LogP contribution in [0.5, 0.6) is 0 Å². The second kappa shape index (κ2) is 2.70. The van der Waals surface area contributed by atoms with Gasteiger partial charge in [0.15, 0.2) is 0 Å². The van der Waals surface area contributed by atoms with Crippen LogP contribution < -0.4 is 0 Å². The molecule has 1 aromatic carbocycles. The molecule has 1 heterocycles. The summed E-state index contributed by atoms with van der Waals surface area (Å²) in [6.07, 6.45) is 1.14. The first-order chi connectivity index (χ1) is 5.42. The summed E-state index contributed by atoms with van der Waals surface area (Å²) in [5.41, 5.74) is 1.47. The Bertz CT molecular complexity index is 364. The van der Waals surface area contributed by atoms with E-state index in [9.17, 15) is 0 Å². The Labute approximate surface area is 71.3 Å². The van der Waals surface area contributed by atoms with E-state index in [2.05, 4.69) is 37.5 Å². The van der Waals surface area contributed by atoms with Crippen molar-refractivity contribution in [3.8, 4) is 0 Å². The van der Waals surface area contributed by atoms with Gasteiger partial charge in [-0.25, -0.2) is 0 Å². The molecule has 0 N–H and O–H groups in total. The number of thiophene rings is 1. The van der Waals surface area contributed by atoms with Crippen LogP contribution in [0.25, 0.3) is 10.1 Å². The van der Waals surface area contributed by atoms with Crippen LogP contribution in [0.3, 0.4) is 0 Å². The molecule has 0 nitrogen and oxygen atoms in total. The van der Waals surface area contributed by atoms with Crippen LogP contribution in [-0.4, -0.2) is 7.85 Å². The standard InChI is InChI=1S/C9H9BS/c10-6-8-3-1-2-7-4-5-11-9(7)8/h1-5H,6,10H2. The normalized spacial score (nSPS) is 10.5. The van der Waals surface area contributed by atoms with Gasteiger partial charge in [-0.3, -0.25) is 0 Å². The van der Waals surface area contributed by atoms with Crippen molar-refractivity contribution in [2.75, 3.05) is 0 Å². The minimum absolute atomic E-state index is 1.14. The first-order valence-electron chi connectivity index (χ1n) is 3.87. The van der Waals surface area contributed by atoms with Gasteiger partial charge in [0, 0.05) is 4.70 Å². The van der Waals surface area contributed by atoms with E-state index in [0.29, 0.717) is 0 Å². The van der Waals surface area contributed by atoms with E-state index in [4.69, 9.17) is 0 Å². The minimum atomic E-state index is 1.14. The fourth-order valence-corrected chi connectivity index (χ4v) is 2.32. The van der Waals surface area contributed by atoms with Gasteiger partial charge in [0.2, 0.25) is 0 Å². The minimum Gasteiger partial charge on any atom is -0.144 e. The Kier molecular flexibility index (Phi) is 1.70. The van der Waals surface area contributed by atoms with Crippen LogP contribution in [0.2, 0.25) is 0 Å². The van der Waals surface area contributed by atoms with E-state index in [-0.39, 0.29) is 0 Å². The molecule has 0 aliphatic heterocycles. The zero-order valence-electron chi connectivity index (χ0n) is 6.50. The lowest BCUT2D eigenvalue weighted by atomic mass is 9.96. The van der Waals surface area contributed by atoms with Crippen molar-refractivity contribution >= 4 is 29.3 Å². The fraction of sp³-hybridized carbons (Fsp3) is 0.111. The Hall–Kier alpha value is -0.755. The average Bonchev–Trinajstić information content (AvgIpc) is 2.50. The third-order valence-corrected chi connectivity index (χ3v) is 2.95. The van der Waals surface area contributed by atoms with Gasteiger partial charge in [0.05, 0.1) is 0 Å². The Morgan fingerprint density at radius 1 is 1.27 bits per heavy atom. The quantitative estimate of drug-likeness (QED) is 0.560. The van der Waals surface area contributed by atoms with Crippen molar-refractivity contribution in [2.45, 2.75) is 6.32 Å². The van der Waals surface area contributed by atoms with Crippen molar-refractivity contribution in [2.24, 2.45) is 0 Å². The lowest BCUT2D eigenvalue weighted by molar-refractivity contribution is 1.47. The number of hydrogen-bond acceptors (Lipinski definition) is 1. The van der Waals surface area contributed by atoms with Crippen LogP contribution in [0.4, 0.5) is 0 Å². The molecular weight excluding hydrogens is 151 g/mol. The molecule has 0 aliphatic carbocycles. The number of benzene rings is 1. The van der Waals surface area contributed by atoms with Crippen molar-refractivity contribution in [1.82, 2.24) is 0 Å². The summed E-state index contributed by atoms with van der Waals surface area (Å²) in [4.78, 5) is 0. The molecular formula is C9H9BS. The fourth-order valence-electron chi connectivity index (χ4n) is 1.33. The van der Waals surface area contributed by atoms with Crippen LogP contribution in [0.15, 0.2) is 29.6 Å². The van der Waals surface area contributed by atoms with E-state index >= 15 is 0 Å². The molecule has 2 aromatic rings. The molecule has 0 spiro atoms. The zero-order chi connectivity index (χ0) is 7.68. The van der Waals surface area contributed by atoms with Crippen LogP contribution >= 0.6 is 11.3 Å². The van der Waals surface area contributed by atoms with Crippen LogP contribution in [0.1, 0.15) is 5.56 Å². The van der Waals surface area contributed by atoms with E-state index in [1.165, 1.54) is 15.6 Å². The Balaban J connectivity index is 2.79. The predicted molar refractivity (Wildman–Crippen MR) is 54.1 cm³/mol. The van der Waals surface area contributed by atoms with Gasteiger partial charge in [-0.2, -0.15) is 0 Å². The molecule has 0 atom stereocenters. The number of fused-ring (bicyclic) bond motifs is 1. The maximum absolute atomic E-state index is 2.21. The third kappa shape index (κ3) is 1.08. The third-order valence-electron chi connectivity index (χ3n) is 1.94. The van der Waals surface area contributed by atoms with E-state index in [1.807, 2.05) is 11.3 Å². The second-order valence-electron chi connectivity index (χ2n) is 2.61. The van der Waals surface area contributed by atoms with E-state index in [0.717, 1.165) is 6.32 Å². The van der Waals surface area contributed by atoms with Gasteiger partial charge < -0.3 is 0 Å². The van der Waals surface area contributed by atoms with E-state index in [1.54, 1.807) is 0 Å². The predicted octanol–water partition coefficient (Wildman–Crippen LogP) is 2.03. The first-order valence-corrected chi connectivity index (χ1v) is 4.75. The molecule has 0 radical (unpaired) electrons. The molecule has 0 unspecified atom stereocenters. The Morgan fingerprint density at radius 3 is 3.00 bits per heavy atom. The van der Waals surface area contributed by atoms with Crippen molar-refractivity contribution in [1.29, 1.82) is 0 Å². The molecule has 0 aliphatic rings. The lowest BCUT2D eigenvalue weighted by Crippen LogP contribution is -1.81. The van der Waals surface area contributed by atoms with Gasteiger partial charge >= 0.3 is 0 Å². The van der Waals surface area contributed by atoms with Crippen molar-refractivity contribution in [3.63, 3.8) is 0 Å². The van der Waals surface area contributed by atoms with Crippen LogP contribution in [0, 0.1) is 0 Å². The summed E-state index contributed by atoms with van der Waals surface area (Å²) in [6.45, 7) is 0. The molecule has 2 rings (SSSR count). The smallest absolute Gasteiger partial charge is 0.107 e. The van der Waals surface area contributed by atoms with Gasteiger partial charge in [-0.15, -0.1) is 11.3 Å². The number of hydrogen-bond donors (Lipinski definition) is 0. The van der Waals surface area contributed by atoms with Gasteiger partial charge in [-0.05, 0) is 22.4 Å². The summed E-state index contributed by atoms with van der Waals surface area (Å²) in [6, 6.07) is 8.69. The molecule has 1 aromatic heterocycles. The largest absolute Gasteiger partial charge is 0.144 e. The highest BCUT2D eigenvalue weighted by Crippen LogP contribution is 2.24. The summed E-state index contributed by atoms with van der Waals surface area (Å²) >= 11 is 1.84. The highest BCUT2D eigenvalue weighted by molar-refractivity contribution is 7.17. The average molecular weight is 160 g/mol. The summed E-state index contributed by atoms with van der Waals surface area (Å²) < 4.78 is 1.45. The molecule has 0 fully saturated rings. The first kappa shape index (κ1) is 6.92. The maximum Gasteiger partial charge on any atom is 0.107 e. The van der Waals surface area contributed by atoms with Crippen molar-refractivity contribution in [3.05, 3.63) is 35.2 Å². The molecule has 54 valence electrons. The summed E-state index contributed by atoms with van der Waals surface area (Å²) in [5, 5.41) is 3.54.